The zero-order valence-electron chi connectivity index (χ0n) is 11.7. The molecule has 0 heterocycles. The van der Waals surface area contributed by atoms with Gasteiger partial charge in [-0.3, -0.25) is 4.79 Å². The predicted molar refractivity (Wildman–Crippen MR) is 68.0 cm³/mol. The van der Waals surface area contributed by atoms with Gasteiger partial charge in [0.15, 0.2) is 6.29 Å². The molecule has 0 fully saturated rings. The van der Waals surface area contributed by atoms with Crippen molar-refractivity contribution in [1.29, 1.82) is 0 Å². The van der Waals surface area contributed by atoms with Crippen LogP contribution in [0.5, 0.6) is 0 Å². The topological polar surface area (TPSA) is 119 Å². The summed E-state index contributed by atoms with van der Waals surface area (Å²) in [7, 11) is 0. The molecule has 19 heavy (non-hydrogen) atoms. The van der Waals surface area contributed by atoms with Gasteiger partial charge in [0.2, 0.25) is 5.91 Å². The highest BCUT2D eigenvalue weighted by Gasteiger charge is 2.26. The van der Waals surface area contributed by atoms with E-state index in [1.807, 2.05) is 0 Å². The Balaban J connectivity index is 5.18. The molecule has 2 atom stereocenters. The summed E-state index contributed by atoms with van der Waals surface area (Å²) in [5.41, 5.74) is -1.05. The Morgan fingerprint density at radius 2 is 1.84 bits per heavy atom. The number of rotatable bonds is 6. The summed E-state index contributed by atoms with van der Waals surface area (Å²) in [6, 6.07) is 0. The second-order valence-corrected chi connectivity index (χ2v) is 5.09. The van der Waals surface area contributed by atoms with Gasteiger partial charge in [-0.05, 0) is 20.8 Å². The lowest BCUT2D eigenvalue weighted by Gasteiger charge is -2.27. The third-order valence-corrected chi connectivity index (χ3v) is 2.02. The van der Waals surface area contributed by atoms with Crippen molar-refractivity contribution in [3.63, 3.8) is 0 Å². The lowest BCUT2D eigenvalue weighted by Crippen LogP contribution is -2.37. The van der Waals surface area contributed by atoms with Gasteiger partial charge in [-0.15, -0.1) is 0 Å². The Morgan fingerprint density at radius 3 is 2.21 bits per heavy atom. The van der Waals surface area contributed by atoms with Crippen LogP contribution in [0.15, 0.2) is 11.5 Å². The Kier molecular flexibility index (Phi) is 6.99. The Hall–Kier alpha value is -1.15. The molecule has 0 aromatic rings. The standard InChI is InChI=1S/C12H23NO6/c1-7(15)13-9(10(17)8(16)5-6-14)11(18)19-12(2,3)4/h8,11,14,16-18H,5-6H2,1-4H3,(H,13,15)/b10-9-. The monoisotopic (exact) mass is 277 g/mol. The number of carbonyl (C=O) groups is 1. The van der Waals surface area contributed by atoms with E-state index in [4.69, 9.17) is 9.84 Å². The summed E-state index contributed by atoms with van der Waals surface area (Å²) < 4.78 is 5.20. The van der Waals surface area contributed by atoms with Gasteiger partial charge < -0.3 is 30.5 Å². The molecule has 0 saturated heterocycles. The summed E-state index contributed by atoms with van der Waals surface area (Å²) in [5.74, 6) is -1.17. The van der Waals surface area contributed by atoms with Crippen LogP contribution in [0.1, 0.15) is 34.1 Å². The average Bonchev–Trinajstić information content (AvgIpc) is 2.22. The fraction of sp³-hybridized carbons (Fsp3) is 0.750. The van der Waals surface area contributed by atoms with Crippen LogP contribution in [-0.4, -0.2) is 50.9 Å². The minimum Gasteiger partial charge on any atom is -0.508 e. The number of hydrogen-bond acceptors (Lipinski definition) is 6. The molecule has 7 heteroatoms. The largest absolute Gasteiger partial charge is 0.508 e. The highest BCUT2D eigenvalue weighted by atomic mass is 16.6. The van der Waals surface area contributed by atoms with Gasteiger partial charge in [0.05, 0.1) is 5.60 Å². The van der Waals surface area contributed by atoms with Crippen molar-refractivity contribution in [1.82, 2.24) is 5.32 Å². The van der Waals surface area contributed by atoms with E-state index in [9.17, 15) is 20.1 Å². The van der Waals surface area contributed by atoms with Crippen LogP contribution in [0.25, 0.3) is 0 Å². The van der Waals surface area contributed by atoms with Crippen molar-refractivity contribution >= 4 is 5.91 Å². The molecule has 5 N–H and O–H groups in total. The van der Waals surface area contributed by atoms with Gasteiger partial charge in [0.25, 0.3) is 0 Å². The Labute approximate surface area is 112 Å². The summed E-state index contributed by atoms with van der Waals surface area (Å²) in [5, 5.41) is 40.1. The van der Waals surface area contributed by atoms with Crippen LogP contribution in [0.2, 0.25) is 0 Å². The van der Waals surface area contributed by atoms with Crippen molar-refractivity contribution in [2.24, 2.45) is 0 Å². The molecule has 0 bridgehead atoms. The highest BCUT2D eigenvalue weighted by molar-refractivity contribution is 5.75. The zero-order chi connectivity index (χ0) is 15.2. The molecule has 0 aromatic heterocycles. The van der Waals surface area contributed by atoms with Gasteiger partial charge in [-0.25, -0.2) is 0 Å². The van der Waals surface area contributed by atoms with Crippen LogP contribution in [-0.2, 0) is 9.53 Å². The van der Waals surface area contributed by atoms with Crippen LogP contribution in [0, 0.1) is 0 Å². The number of nitrogens with one attached hydrogen (secondary N) is 1. The molecule has 2 unspecified atom stereocenters. The first-order valence-corrected chi connectivity index (χ1v) is 5.94. The van der Waals surface area contributed by atoms with E-state index in [0.717, 1.165) is 0 Å². The molecular formula is C12H23NO6. The fourth-order valence-electron chi connectivity index (χ4n) is 1.27. The predicted octanol–water partition coefficient (Wildman–Crippen LogP) is -0.231. The van der Waals surface area contributed by atoms with Crippen LogP contribution in [0.3, 0.4) is 0 Å². The van der Waals surface area contributed by atoms with E-state index in [0.29, 0.717) is 0 Å². The van der Waals surface area contributed by atoms with Crippen molar-refractivity contribution < 1.29 is 30.0 Å². The van der Waals surface area contributed by atoms with Gasteiger partial charge >= 0.3 is 0 Å². The summed E-state index contributed by atoms with van der Waals surface area (Å²) in [4.78, 5) is 11.1. The second kappa shape index (κ2) is 7.44. The zero-order valence-corrected chi connectivity index (χ0v) is 11.7. The number of aliphatic hydroxyl groups is 4. The quantitative estimate of drug-likeness (QED) is 0.338. The molecular weight excluding hydrogens is 254 g/mol. The average molecular weight is 277 g/mol. The normalized spacial score (nSPS) is 16.6. The van der Waals surface area contributed by atoms with Crippen molar-refractivity contribution in [3.8, 4) is 0 Å². The molecule has 0 spiro atoms. The first-order chi connectivity index (χ1) is 8.58. The lowest BCUT2D eigenvalue weighted by atomic mass is 10.1. The third kappa shape index (κ3) is 7.12. The lowest BCUT2D eigenvalue weighted by molar-refractivity contribution is -0.151. The number of ether oxygens (including phenoxy) is 1. The van der Waals surface area contributed by atoms with Gasteiger partial charge in [0, 0.05) is 20.0 Å². The number of carbonyl (C=O) groups excluding carboxylic acids is 1. The third-order valence-electron chi connectivity index (χ3n) is 2.02. The molecule has 0 rings (SSSR count). The first kappa shape index (κ1) is 17.8. The van der Waals surface area contributed by atoms with Crippen molar-refractivity contribution in [2.45, 2.75) is 52.1 Å². The van der Waals surface area contributed by atoms with Crippen LogP contribution < -0.4 is 5.32 Å². The van der Waals surface area contributed by atoms with Crippen LogP contribution >= 0.6 is 0 Å². The maximum Gasteiger partial charge on any atom is 0.221 e. The molecule has 0 saturated carbocycles. The van der Waals surface area contributed by atoms with E-state index < -0.39 is 29.7 Å². The van der Waals surface area contributed by atoms with E-state index in [2.05, 4.69) is 5.32 Å². The number of amides is 1. The highest BCUT2D eigenvalue weighted by Crippen LogP contribution is 2.17. The number of hydrogen-bond donors (Lipinski definition) is 5. The Morgan fingerprint density at radius 1 is 1.32 bits per heavy atom. The molecule has 112 valence electrons. The first-order valence-electron chi connectivity index (χ1n) is 5.94. The van der Waals surface area contributed by atoms with Crippen molar-refractivity contribution in [3.05, 3.63) is 11.5 Å². The minimum absolute atomic E-state index is 0.128. The van der Waals surface area contributed by atoms with E-state index in [-0.39, 0.29) is 18.7 Å². The van der Waals surface area contributed by atoms with Crippen LogP contribution in [0.4, 0.5) is 0 Å². The molecule has 0 aliphatic rings. The maximum absolute atomic E-state index is 11.1. The second-order valence-electron chi connectivity index (χ2n) is 5.09. The smallest absolute Gasteiger partial charge is 0.221 e. The summed E-state index contributed by atoms with van der Waals surface area (Å²) >= 11 is 0. The van der Waals surface area contributed by atoms with Gasteiger partial charge in [-0.1, -0.05) is 0 Å². The maximum atomic E-state index is 11.1. The SMILES string of the molecule is CC(=O)N/C(=C(\O)C(O)CCO)C(O)OC(C)(C)C. The molecule has 0 aliphatic heterocycles. The molecule has 0 radical (unpaired) electrons. The molecule has 1 amide bonds. The van der Waals surface area contributed by atoms with Gasteiger partial charge in [-0.2, -0.15) is 0 Å². The van der Waals surface area contributed by atoms with E-state index in [1.54, 1.807) is 20.8 Å². The summed E-state index contributed by atoms with van der Waals surface area (Å²) in [6.45, 7) is 5.89. The summed E-state index contributed by atoms with van der Waals surface area (Å²) in [6.07, 6.45) is -3.13. The Bertz CT molecular complexity index is 334. The number of aliphatic hydroxyl groups excluding tert-OH is 4. The minimum atomic E-state index is -1.60. The molecule has 0 aliphatic carbocycles. The van der Waals surface area contributed by atoms with Crippen molar-refractivity contribution in [2.75, 3.05) is 6.61 Å². The van der Waals surface area contributed by atoms with E-state index in [1.165, 1.54) is 6.92 Å². The fourth-order valence-corrected chi connectivity index (χ4v) is 1.27. The molecule has 7 nitrogen and oxygen atoms in total. The van der Waals surface area contributed by atoms with Gasteiger partial charge in [0.1, 0.15) is 17.6 Å². The molecule has 0 aromatic carbocycles. The van der Waals surface area contributed by atoms with E-state index >= 15 is 0 Å².